The third-order valence-electron chi connectivity index (χ3n) is 3.47. The highest BCUT2D eigenvalue weighted by Gasteiger charge is 2.27. The molecule has 1 atom stereocenters. The van der Waals surface area contributed by atoms with E-state index in [-0.39, 0.29) is 17.5 Å². The molecule has 1 fully saturated rings. The number of benzene rings is 1. The molecule has 2 aromatic rings. The van der Waals surface area contributed by atoms with E-state index in [9.17, 15) is 8.42 Å². The summed E-state index contributed by atoms with van der Waals surface area (Å²) in [6, 6.07) is 11.9. The van der Waals surface area contributed by atoms with Crippen molar-refractivity contribution >= 4 is 37.5 Å². The molecule has 1 aromatic carbocycles. The fourth-order valence-corrected chi connectivity index (χ4v) is 5.09. The van der Waals surface area contributed by atoms with Crippen LogP contribution in [0.2, 0.25) is 0 Å². The third-order valence-corrected chi connectivity index (χ3v) is 6.69. The molecule has 2 heterocycles. The van der Waals surface area contributed by atoms with Crippen molar-refractivity contribution in [3.63, 3.8) is 0 Å². The minimum absolute atomic E-state index is 0.0395. The molecule has 1 aliphatic heterocycles. The lowest BCUT2D eigenvalue weighted by Crippen LogP contribution is -2.29. The summed E-state index contributed by atoms with van der Waals surface area (Å²) in [6.45, 7) is 0.557. The van der Waals surface area contributed by atoms with E-state index in [1.165, 1.54) is 0 Å². The van der Waals surface area contributed by atoms with Gasteiger partial charge in [0.1, 0.15) is 5.76 Å². The molecule has 1 saturated heterocycles. The second kappa shape index (κ2) is 6.78. The Morgan fingerprint density at radius 3 is 2.68 bits per heavy atom. The molecule has 0 amide bonds. The molecule has 0 saturated carbocycles. The minimum atomic E-state index is -2.84. The molecule has 1 aliphatic rings. The van der Waals surface area contributed by atoms with Crippen LogP contribution in [0.25, 0.3) is 0 Å². The molecule has 118 valence electrons. The highest BCUT2D eigenvalue weighted by atomic mass is 79.9. The fraction of sp³-hybridized carbons (Fsp3) is 0.333. The maximum Gasteiger partial charge on any atom is 0.165 e. The number of halogens is 1. The van der Waals surface area contributed by atoms with E-state index in [0.717, 1.165) is 20.2 Å². The van der Waals surface area contributed by atoms with Gasteiger partial charge in [0.25, 0.3) is 0 Å². The lowest BCUT2D eigenvalue weighted by atomic mass is 10.2. The SMILES string of the molecule is O=S1(=O)CC[C@H](NCc2ccc(Sc3ccc(Br)cc3)o2)C1. The standard InChI is InChI=1S/C15H16BrNO3S2/c16-11-1-4-14(5-2-11)21-15-6-3-13(20-15)9-17-12-7-8-22(18,19)10-12/h1-6,12,17H,7-10H2/t12-/m0/s1. The van der Waals surface area contributed by atoms with Crippen LogP contribution in [0.4, 0.5) is 0 Å². The van der Waals surface area contributed by atoms with E-state index in [1.54, 1.807) is 11.8 Å². The van der Waals surface area contributed by atoms with Crippen LogP contribution in [0.15, 0.2) is 55.3 Å². The van der Waals surface area contributed by atoms with E-state index in [1.807, 2.05) is 36.4 Å². The molecule has 0 unspecified atom stereocenters. The van der Waals surface area contributed by atoms with Gasteiger partial charge in [-0.05, 0) is 42.8 Å². The van der Waals surface area contributed by atoms with Crippen molar-refractivity contribution in [2.75, 3.05) is 11.5 Å². The summed E-state index contributed by atoms with van der Waals surface area (Å²) >= 11 is 4.98. The van der Waals surface area contributed by atoms with Gasteiger partial charge in [0.15, 0.2) is 14.9 Å². The number of nitrogens with one attached hydrogen (secondary N) is 1. The summed E-state index contributed by atoms with van der Waals surface area (Å²) < 4.78 is 29.6. The first-order chi connectivity index (χ1) is 10.5. The Kier molecular flexibility index (Phi) is 4.97. The Morgan fingerprint density at radius 1 is 1.23 bits per heavy atom. The van der Waals surface area contributed by atoms with Crippen molar-refractivity contribution in [1.29, 1.82) is 0 Å². The van der Waals surface area contributed by atoms with Crippen LogP contribution in [-0.2, 0) is 16.4 Å². The number of hydrogen-bond acceptors (Lipinski definition) is 5. The van der Waals surface area contributed by atoms with Crippen molar-refractivity contribution in [3.05, 3.63) is 46.6 Å². The molecule has 3 rings (SSSR count). The summed E-state index contributed by atoms with van der Waals surface area (Å²) in [6.07, 6.45) is 0.684. The Hall–Kier alpha value is -0.760. The first-order valence-corrected chi connectivity index (χ1v) is 10.4. The Morgan fingerprint density at radius 2 is 2.00 bits per heavy atom. The van der Waals surface area contributed by atoms with Gasteiger partial charge in [0.2, 0.25) is 0 Å². The minimum Gasteiger partial charge on any atom is -0.453 e. The summed E-state index contributed by atoms with van der Waals surface area (Å²) in [7, 11) is -2.84. The normalized spacial score (nSPS) is 20.3. The summed E-state index contributed by atoms with van der Waals surface area (Å²) in [5.41, 5.74) is 0. The van der Waals surface area contributed by atoms with Gasteiger partial charge in [-0.1, -0.05) is 27.7 Å². The molecule has 4 nitrogen and oxygen atoms in total. The predicted octanol–water partition coefficient (Wildman–Crippen LogP) is 3.47. The number of rotatable bonds is 5. The van der Waals surface area contributed by atoms with Crippen LogP contribution in [0.1, 0.15) is 12.2 Å². The van der Waals surface area contributed by atoms with Crippen LogP contribution in [0.5, 0.6) is 0 Å². The van der Waals surface area contributed by atoms with Gasteiger partial charge in [0, 0.05) is 15.4 Å². The van der Waals surface area contributed by atoms with Crippen molar-refractivity contribution in [1.82, 2.24) is 5.32 Å². The molecule has 22 heavy (non-hydrogen) atoms. The molecule has 0 bridgehead atoms. The molecule has 0 radical (unpaired) electrons. The number of sulfone groups is 1. The van der Waals surface area contributed by atoms with Gasteiger partial charge in [-0.25, -0.2) is 8.42 Å². The van der Waals surface area contributed by atoms with E-state index < -0.39 is 9.84 Å². The molecule has 7 heteroatoms. The zero-order valence-corrected chi connectivity index (χ0v) is 15.0. The molecular weight excluding hydrogens is 386 g/mol. The van der Waals surface area contributed by atoms with Gasteiger partial charge in [-0.3, -0.25) is 0 Å². The average Bonchev–Trinajstić information content (AvgIpc) is 3.05. The average molecular weight is 402 g/mol. The van der Waals surface area contributed by atoms with Crippen LogP contribution in [0.3, 0.4) is 0 Å². The van der Waals surface area contributed by atoms with Crippen LogP contribution in [0, 0.1) is 0 Å². The van der Waals surface area contributed by atoms with E-state index in [2.05, 4.69) is 21.2 Å². The second-order valence-corrected chi connectivity index (χ2v) is 9.48. The molecular formula is C15H16BrNO3S2. The maximum absolute atomic E-state index is 11.4. The topological polar surface area (TPSA) is 59.3 Å². The highest BCUT2D eigenvalue weighted by Crippen LogP contribution is 2.30. The maximum atomic E-state index is 11.4. The van der Waals surface area contributed by atoms with Gasteiger partial charge in [0.05, 0.1) is 18.1 Å². The highest BCUT2D eigenvalue weighted by molar-refractivity contribution is 9.10. The molecule has 1 aromatic heterocycles. The van der Waals surface area contributed by atoms with Crippen molar-refractivity contribution in [2.24, 2.45) is 0 Å². The third kappa shape index (κ3) is 4.38. The Labute approximate surface area is 142 Å². The summed E-state index contributed by atoms with van der Waals surface area (Å²) in [5.74, 6) is 1.34. The van der Waals surface area contributed by atoms with Gasteiger partial charge < -0.3 is 9.73 Å². The van der Waals surface area contributed by atoms with Crippen molar-refractivity contribution in [3.8, 4) is 0 Å². The van der Waals surface area contributed by atoms with Crippen LogP contribution >= 0.6 is 27.7 Å². The first-order valence-electron chi connectivity index (χ1n) is 6.96. The Bertz CT molecular complexity index is 740. The summed E-state index contributed by atoms with van der Waals surface area (Å²) in [4.78, 5) is 1.11. The van der Waals surface area contributed by atoms with Crippen molar-refractivity contribution < 1.29 is 12.8 Å². The first kappa shape index (κ1) is 16.1. The number of hydrogen-bond donors (Lipinski definition) is 1. The van der Waals surface area contributed by atoms with Gasteiger partial charge in [-0.15, -0.1) is 0 Å². The van der Waals surface area contributed by atoms with E-state index >= 15 is 0 Å². The van der Waals surface area contributed by atoms with E-state index in [0.29, 0.717) is 13.0 Å². The smallest absolute Gasteiger partial charge is 0.165 e. The largest absolute Gasteiger partial charge is 0.453 e. The second-order valence-electron chi connectivity index (χ2n) is 5.26. The lowest BCUT2D eigenvalue weighted by molar-refractivity contribution is 0.404. The zero-order valence-electron chi connectivity index (χ0n) is 11.8. The predicted molar refractivity (Wildman–Crippen MR) is 90.9 cm³/mol. The number of furan rings is 1. The quantitative estimate of drug-likeness (QED) is 0.830. The van der Waals surface area contributed by atoms with E-state index in [4.69, 9.17) is 4.42 Å². The molecule has 0 aliphatic carbocycles. The van der Waals surface area contributed by atoms with Crippen LogP contribution in [-0.4, -0.2) is 26.0 Å². The van der Waals surface area contributed by atoms with Gasteiger partial charge in [-0.2, -0.15) is 0 Å². The van der Waals surface area contributed by atoms with Crippen molar-refractivity contribution in [2.45, 2.75) is 29.0 Å². The lowest BCUT2D eigenvalue weighted by Gasteiger charge is -2.08. The summed E-state index contributed by atoms with van der Waals surface area (Å²) in [5, 5.41) is 4.08. The zero-order chi connectivity index (χ0) is 15.6. The van der Waals surface area contributed by atoms with Crippen LogP contribution < -0.4 is 5.32 Å². The fourth-order valence-electron chi connectivity index (χ4n) is 2.33. The monoisotopic (exact) mass is 401 g/mol. The van der Waals surface area contributed by atoms with Gasteiger partial charge >= 0.3 is 0 Å². The molecule has 1 N–H and O–H groups in total. The Balaban J connectivity index is 1.54. The molecule has 0 spiro atoms.